The minimum atomic E-state index is -0.194. The maximum absolute atomic E-state index is 6.32. The summed E-state index contributed by atoms with van der Waals surface area (Å²) in [6, 6.07) is 0.405. The molecule has 2 N–H and O–H groups in total. The van der Waals surface area contributed by atoms with Crippen molar-refractivity contribution in [1.29, 1.82) is 0 Å². The van der Waals surface area contributed by atoms with Crippen LogP contribution in [0.1, 0.15) is 24.6 Å². The van der Waals surface area contributed by atoms with E-state index in [9.17, 15) is 0 Å². The second kappa shape index (κ2) is 4.88. The molecule has 0 saturated carbocycles. The van der Waals surface area contributed by atoms with Gasteiger partial charge in [-0.1, -0.05) is 5.21 Å². The van der Waals surface area contributed by atoms with Gasteiger partial charge in [0, 0.05) is 19.6 Å². The van der Waals surface area contributed by atoms with Crippen LogP contribution in [0.25, 0.3) is 0 Å². The van der Waals surface area contributed by atoms with Crippen LogP contribution in [-0.4, -0.2) is 51.7 Å². The smallest absolute Gasteiger partial charge is 0.153 e. The number of rotatable bonds is 2. The van der Waals surface area contributed by atoms with Crippen molar-refractivity contribution in [3.63, 3.8) is 0 Å². The lowest BCUT2D eigenvalue weighted by atomic mass is 10.1. The van der Waals surface area contributed by atoms with Crippen LogP contribution in [0.2, 0.25) is 0 Å². The van der Waals surface area contributed by atoms with Gasteiger partial charge in [-0.2, -0.15) is 0 Å². The number of fused-ring (bicyclic) bond motifs is 1. The van der Waals surface area contributed by atoms with Crippen LogP contribution in [0.3, 0.4) is 0 Å². The highest BCUT2D eigenvalue weighted by atomic mass is 79.9. The summed E-state index contributed by atoms with van der Waals surface area (Å²) in [7, 11) is 1.86. The van der Waals surface area contributed by atoms with Crippen LogP contribution in [0.4, 0.5) is 0 Å². The maximum Gasteiger partial charge on any atom is 0.153 e. The molecule has 2 saturated heterocycles. The van der Waals surface area contributed by atoms with Gasteiger partial charge in [0.25, 0.3) is 0 Å². The number of morpholine rings is 1. The van der Waals surface area contributed by atoms with Gasteiger partial charge in [0.05, 0.1) is 24.4 Å². The Labute approximate surface area is 115 Å². The Morgan fingerprint density at radius 1 is 1.56 bits per heavy atom. The topological polar surface area (TPSA) is 69.2 Å². The molecule has 0 aromatic carbocycles. The number of aryl methyl sites for hydroxylation is 1. The van der Waals surface area contributed by atoms with Crippen molar-refractivity contribution in [3.05, 3.63) is 10.3 Å². The van der Waals surface area contributed by atoms with Gasteiger partial charge < -0.3 is 10.5 Å². The summed E-state index contributed by atoms with van der Waals surface area (Å²) in [5.74, 6) is 0. The van der Waals surface area contributed by atoms with Crippen LogP contribution in [-0.2, 0) is 11.8 Å². The average molecular weight is 316 g/mol. The summed E-state index contributed by atoms with van der Waals surface area (Å²) in [4.78, 5) is 2.49. The fourth-order valence-electron chi connectivity index (χ4n) is 2.93. The average Bonchev–Trinajstić information content (AvgIpc) is 2.94. The molecule has 3 heterocycles. The first-order valence-electron chi connectivity index (χ1n) is 6.33. The van der Waals surface area contributed by atoms with Gasteiger partial charge in [-0.05, 0) is 35.3 Å². The molecule has 18 heavy (non-hydrogen) atoms. The molecule has 0 amide bonds. The van der Waals surface area contributed by atoms with Gasteiger partial charge in [-0.25, -0.2) is 4.68 Å². The van der Waals surface area contributed by atoms with Crippen molar-refractivity contribution < 1.29 is 4.74 Å². The number of aromatic nitrogens is 3. The SMILES string of the molecule is Cn1nnc(Br)c1C(N)C1CN2CCCC2CO1. The third-order valence-corrected chi connectivity index (χ3v) is 4.52. The Morgan fingerprint density at radius 2 is 2.39 bits per heavy atom. The van der Waals surface area contributed by atoms with Crippen LogP contribution in [0, 0.1) is 0 Å². The molecule has 7 heteroatoms. The summed E-state index contributed by atoms with van der Waals surface area (Å²) >= 11 is 3.40. The first-order chi connectivity index (χ1) is 8.66. The van der Waals surface area contributed by atoms with Crippen molar-refractivity contribution in [1.82, 2.24) is 19.9 Å². The predicted octanol–water partition coefficient (Wildman–Crippen LogP) is 0.441. The second-order valence-electron chi connectivity index (χ2n) is 5.08. The van der Waals surface area contributed by atoms with E-state index >= 15 is 0 Å². The standard InChI is InChI=1S/C11H18BrN5O/c1-16-10(11(12)14-15-16)9(13)8-5-17-4-2-3-7(17)6-18-8/h7-9H,2-6,13H2,1H3. The fourth-order valence-corrected chi connectivity index (χ4v) is 3.52. The normalized spacial score (nSPS) is 30.4. The van der Waals surface area contributed by atoms with Crippen molar-refractivity contribution in [2.75, 3.05) is 19.7 Å². The minimum absolute atomic E-state index is 0.0212. The molecule has 0 radical (unpaired) electrons. The first kappa shape index (κ1) is 12.5. The van der Waals surface area contributed by atoms with E-state index in [0.29, 0.717) is 10.6 Å². The molecule has 0 aliphatic carbocycles. The van der Waals surface area contributed by atoms with E-state index in [4.69, 9.17) is 10.5 Å². The molecule has 2 aliphatic rings. The zero-order chi connectivity index (χ0) is 12.7. The zero-order valence-corrected chi connectivity index (χ0v) is 12.0. The number of nitrogens with zero attached hydrogens (tertiary/aromatic N) is 4. The molecule has 100 valence electrons. The van der Waals surface area contributed by atoms with Gasteiger partial charge in [-0.15, -0.1) is 5.10 Å². The molecule has 3 atom stereocenters. The molecule has 3 rings (SSSR count). The third kappa shape index (κ3) is 2.09. The Bertz CT molecular complexity index is 418. The predicted molar refractivity (Wildman–Crippen MR) is 70.0 cm³/mol. The summed E-state index contributed by atoms with van der Waals surface area (Å²) in [6.45, 7) is 2.87. The van der Waals surface area contributed by atoms with Gasteiger partial charge in [-0.3, -0.25) is 4.90 Å². The van der Waals surface area contributed by atoms with E-state index in [1.165, 1.54) is 19.4 Å². The van der Waals surface area contributed by atoms with E-state index in [-0.39, 0.29) is 12.1 Å². The molecule has 2 fully saturated rings. The lowest BCUT2D eigenvalue weighted by Crippen LogP contribution is -2.50. The molecule has 0 bridgehead atoms. The van der Waals surface area contributed by atoms with E-state index in [0.717, 1.165) is 18.8 Å². The van der Waals surface area contributed by atoms with Crippen LogP contribution < -0.4 is 5.73 Å². The van der Waals surface area contributed by atoms with Crippen molar-refractivity contribution in [3.8, 4) is 0 Å². The number of halogens is 1. The van der Waals surface area contributed by atoms with E-state index in [2.05, 4.69) is 31.1 Å². The Morgan fingerprint density at radius 3 is 3.11 bits per heavy atom. The molecule has 6 nitrogen and oxygen atoms in total. The Kier molecular flexibility index (Phi) is 3.40. The van der Waals surface area contributed by atoms with Crippen LogP contribution in [0.5, 0.6) is 0 Å². The molecule has 2 aliphatic heterocycles. The van der Waals surface area contributed by atoms with E-state index in [1.807, 2.05) is 7.05 Å². The highest BCUT2D eigenvalue weighted by molar-refractivity contribution is 9.10. The molecule has 1 aromatic rings. The van der Waals surface area contributed by atoms with Gasteiger partial charge in [0.15, 0.2) is 4.60 Å². The van der Waals surface area contributed by atoms with Crippen LogP contribution in [0.15, 0.2) is 4.60 Å². The summed E-state index contributed by atoms with van der Waals surface area (Å²) in [6.07, 6.45) is 2.54. The molecule has 3 unspecified atom stereocenters. The zero-order valence-electron chi connectivity index (χ0n) is 10.4. The Balaban J connectivity index is 1.75. The second-order valence-corrected chi connectivity index (χ2v) is 5.83. The minimum Gasteiger partial charge on any atom is -0.373 e. The largest absolute Gasteiger partial charge is 0.373 e. The number of nitrogens with two attached hydrogens (primary N) is 1. The third-order valence-electron chi connectivity index (χ3n) is 3.96. The molecular weight excluding hydrogens is 298 g/mol. The van der Waals surface area contributed by atoms with E-state index in [1.54, 1.807) is 4.68 Å². The lowest BCUT2D eigenvalue weighted by Gasteiger charge is -2.37. The highest BCUT2D eigenvalue weighted by Gasteiger charge is 2.36. The monoisotopic (exact) mass is 315 g/mol. The van der Waals surface area contributed by atoms with Gasteiger partial charge in [0.1, 0.15) is 0 Å². The fraction of sp³-hybridized carbons (Fsp3) is 0.818. The molecular formula is C11H18BrN5O. The van der Waals surface area contributed by atoms with Gasteiger partial charge >= 0.3 is 0 Å². The quantitative estimate of drug-likeness (QED) is 0.857. The maximum atomic E-state index is 6.32. The number of hydrogen-bond donors (Lipinski definition) is 1. The van der Waals surface area contributed by atoms with Crippen molar-refractivity contribution >= 4 is 15.9 Å². The molecule has 0 spiro atoms. The highest BCUT2D eigenvalue weighted by Crippen LogP contribution is 2.29. The van der Waals surface area contributed by atoms with Crippen molar-refractivity contribution in [2.45, 2.75) is 31.0 Å². The first-order valence-corrected chi connectivity index (χ1v) is 7.12. The summed E-state index contributed by atoms with van der Waals surface area (Å²) < 4.78 is 8.36. The van der Waals surface area contributed by atoms with Crippen molar-refractivity contribution in [2.24, 2.45) is 12.8 Å². The van der Waals surface area contributed by atoms with Crippen LogP contribution >= 0.6 is 15.9 Å². The van der Waals surface area contributed by atoms with Gasteiger partial charge in [0.2, 0.25) is 0 Å². The van der Waals surface area contributed by atoms with E-state index < -0.39 is 0 Å². The Hall–Kier alpha value is -0.500. The lowest BCUT2D eigenvalue weighted by molar-refractivity contribution is -0.0607. The summed E-state index contributed by atoms with van der Waals surface area (Å²) in [5.41, 5.74) is 7.22. The number of hydrogen-bond acceptors (Lipinski definition) is 5. The number of ether oxygens (including phenoxy) is 1. The summed E-state index contributed by atoms with van der Waals surface area (Å²) in [5, 5.41) is 7.95. The molecule has 1 aromatic heterocycles.